The van der Waals surface area contributed by atoms with Crippen molar-refractivity contribution >= 4 is 43.2 Å². The lowest BCUT2D eigenvalue weighted by atomic mass is 10.4. The molecule has 1 heterocycles. The average molecular weight is 322 g/mol. The molecule has 0 saturated carbocycles. The molecule has 0 aliphatic carbocycles. The van der Waals surface area contributed by atoms with E-state index in [0.29, 0.717) is 0 Å². The highest BCUT2D eigenvalue weighted by Gasteiger charge is 2.24. The van der Waals surface area contributed by atoms with E-state index >= 15 is 0 Å². The maximum absolute atomic E-state index is 12.0. The zero-order valence-corrected chi connectivity index (χ0v) is 10.1. The van der Waals surface area contributed by atoms with Crippen LogP contribution >= 0.6 is 27.5 Å². The molecular weight excluding hydrogens is 317 g/mol. The van der Waals surface area contributed by atoms with Crippen LogP contribution in [0.3, 0.4) is 0 Å². The summed E-state index contributed by atoms with van der Waals surface area (Å²) in [6.45, 7) is 0. The van der Waals surface area contributed by atoms with E-state index < -0.39 is 15.8 Å². The zero-order chi connectivity index (χ0) is 11.6. The highest BCUT2D eigenvalue weighted by molar-refractivity contribution is 9.10. The molecule has 0 aromatic carbocycles. The zero-order valence-electron chi connectivity index (χ0n) is 6.92. The second kappa shape index (κ2) is 4.58. The quantitative estimate of drug-likeness (QED) is 0.870. The molecule has 1 aromatic heterocycles. The van der Waals surface area contributed by atoms with Gasteiger partial charge in [-0.2, -0.15) is 8.78 Å². The van der Waals surface area contributed by atoms with Crippen LogP contribution in [0.1, 0.15) is 0 Å². The Hall–Kier alpha value is -0.470. The lowest BCUT2D eigenvalue weighted by molar-refractivity contribution is 0.236. The van der Waals surface area contributed by atoms with Crippen molar-refractivity contribution in [3.63, 3.8) is 0 Å². The lowest BCUT2D eigenvalue weighted by Gasteiger charge is -2.08. The second-order valence-corrected chi connectivity index (χ2v) is 5.24. The number of sulfonamides is 1. The highest BCUT2D eigenvalue weighted by atomic mass is 79.9. The highest BCUT2D eigenvalue weighted by Crippen LogP contribution is 2.25. The first-order valence-corrected chi connectivity index (χ1v) is 6.15. The molecule has 0 aliphatic rings. The molecule has 0 fully saturated rings. The summed E-state index contributed by atoms with van der Waals surface area (Å²) >= 11 is 8.41. The van der Waals surface area contributed by atoms with Crippen molar-refractivity contribution in [2.45, 2.75) is 5.76 Å². The number of aromatic nitrogens is 1. The summed E-state index contributed by atoms with van der Waals surface area (Å²) in [4.78, 5) is 3.64. The van der Waals surface area contributed by atoms with Crippen LogP contribution in [-0.2, 0) is 10.0 Å². The van der Waals surface area contributed by atoms with E-state index in [-0.39, 0.29) is 15.3 Å². The standard InChI is InChI=1S/C6H4BrClF2N2O2S/c7-5-4(1-3(8)2-11-5)12-15(13,14)6(9)10/h1-2,6,12H. The fourth-order valence-electron chi connectivity index (χ4n) is 0.692. The number of nitrogens with zero attached hydrogens (tertiary/aromatic N) is 1. The molecule has 0 spiro atoms. The Morgan fingerprint density at radius 1 is 1.53 bits per heavy atom. The molecule has 0 saturated heterocycles. The van der Waals surface area contributed by atoms with Crippen molar-refractivity contribution in [3.8, 4) is 0 Å². The number of anilines is 1. The summed E-state index contributed by atoms with van der Waals surface area (Å²) in [5.74, 6) is -3.51. The largest absolute Gasteiger partial charge is 0.355 e. The molecule has 0 aliphatic heterocycles. The summed E-state index contributed by atoms with van der Waals surface area (Å²) in [7, 11) is -4.70. The van der Waals surface area contributed by atoms with Crippen LogP contribution in [0, 0.1) is 0 Å². The van der Waals surface area contributed by atoms with Crippen molar-refractivity contribution in [2.75, 3.05) is 4.72 Å². The third-order valence-corrected chi connectivity index (χ3v) is 3.10. The molecule has 0 bridgehead atoms. The van der Waals surface area contributed by atoms with Crippen molar-refractivity contribution in [3.05, 3.63) is 21.9 Å². The molecule has 0 atom stereocenters. The Labute approximate surface area is 97.8 Å². The van der Waals surface area contributed by atoms with Crippen molar-refractivity contribution in [2.24, 2.45) is 0 Å². The van der Waals surface area contributed by atoms with Gasteiger partial charge in [0, 0.05) is 6.20 Å². The van der Waals surface area contributed by atoms with E-state index in [2.05, 4.69) is 20.9 Å². The van der Waals surface area contributed by atoms with Crippen molar-refractivity contribution in [1.29, 1.82) is 0 Å². The molecule has 1 rings (SSSR count). The van der Waals surface area contributed by atoms with Crippen LogP contribution in [0.15, 0.2) is 16.9 Å². The van der Waals surface area contributed by atoms with Gasteiger partial charge in [0.1, 0.15) is 4.60 Å². The van der Waals surface area contributed by atoms with Gasteiger partial charge < -0.3 is 0 Å². The van der Waals surface area contributed by atoms with E-state index in [1.807, 2.05) is 0 Å². The summed E-state index contributed by atoms with van der Waals surface area (Å²) < 4.78 is 47.4. The first kappa shape index (κ1) is 12.6. The fraction of sp³-hybridized carbons (Fsp3) is 0.167. The number of hydrogen-bond donors (Lipinski definition) is 1. The average Bonchev–Trinajstić information content (AvgIpc) is 2.10. The van der Waals surface area contributed by atoms with E-state index in [0.717, 1.165) is 0 Å². The summed E-state index contributed by atoms with van der Waals surface area (Å²) in [6.07, 6.45) is 1.24. The van der Waals surface area contributed by atoms with Crippen LogP contribution in [0.2, 0.25) is 5.02 Å². The van der Waals surface area contributed by atoms with Crippen molar-refractivity contribution in [1.82, 2.24) is 4.98 Å². The summed E-state index contributed by atoms with van der Waals surface area (Å²) in [5, 5.41) is 0.130. The number of pyridine rings is 1. The van der Waals surface area contributed by atoms with Gasteiger partial charge in [-0.25, -0.2) is 13.4 Å². The van der Waals surface area contributed by atoms with E-state index in [9.17, 15) is 17.2 Å². The van der Waals surface area contributed by atoms with Gasteiger partial charge in [0.15, 0.2) is 0 Å². The summed E-state index contributed by atoms with van der Waals surface area (Å²) in [6, 6.07) is 1.17. The van der Waals surface area contributed by atoms with E-state index in [4.69, 9.17) is 11.6 Å². The SMILES string of the molecule is O=S(=O)(Nc1cc(Cl)cnc1Br)C(F)F. The van der Waals surface area contributed by atoms with E-state index in [1.165, 1.54) is 12.3 Å². The predicted molar refractivity (Wildman–Crippen MR) is 55.5 cm³/mol. The van der Waals surface area contributed by atoms with Crippen LogP contribution in [0.4, 0.5) is 14.5 Å². The first-order valence-electron chi connectivity index (χ1n) is 3.44. The fourth-order valence-corrected chi connectivity index (χ4v) is 1.85. The maximum atomic E-state index is 12.0. The van der Waals surface area contributed by atoms with Gasteiger partial charge >= 0.3 is 5.76 Å². The minimum atomic E-state index is -4.70. The van der Waals surface area contributed by atoms with Gasteiger partial charge in [-0.1, -0.05) is 11.6 Å². The van der Waals surface area contributed by atoms with Gasteiger partial charge in [-0.3, -0.25) is 4.72 Å². The number of hydrogen-bond acceptors (Lipinski definition) is 3. The molecular formula is C6H4BrClF2N2O2S. The second-order valence-electron chi connectivity index (χ2n) is 2.40. The maximum Gasteiger partial charge on any atom is 0.355 e. The normalized spacial score (nSPS) is 11.8. The smallest absolute Gasteiger partial charge is 0.276 e. The molecule has 0 amide bonds. The Morgan fingerprint density at radius 3 is 2.67 bits per heavy atom. The van der Waals surface area contributed by atoms with Gasteiger partial charge in [0.25, 0.3) is 10.0 Å². The Bertz CT molecular complexity index is 468. The van der Waals surface area contributed by atoms with Crippen LogP contribution in [0.5, 0.6) is 0 Å². The molecule has 0 unspecified atom stereocenters. The molecule has 15 heavy (non-hydrogen) atoms. The molecule has 1 N–H and O–H groups in total. The predicted octanol–water partition coefficient (Wildman–Crippen LogP) is 2.46. The minimum absolute atomic E-state index is 0.0797. The van der Waals surface area contributed by atoms with Crippen LogP contribution in [-0.4, -0.2) is 19.2 Å². The van der Waals surface area contributed by atoms with Gasteiger partial charge in [0.2, 0.25) is 0 Å². The third-order valence-electron chi connectivity index (χ3n) is 1.29. The number of alkyl halides is 2. The monoisotopic (exact) mass is 320 g/mol. The molecule has 84 valence electrons. The van der Waals surface area contributed by atoms with Gasteiger partial charge in [0.05, 0.1) is 10.7 Å². The first-order chi connectivity index (χ1) is 6.83. The molecule has 9 heteroatoms. The van der Waals surface area contributed by atoms with Gasteiger partial charge in [-0.15, -0.1) is 0 Å². The Balaban J connectivity index is 3.05. The number of nitrogens with one attached hydrogen (secondary N) is 1. The van der Waals surface area contributed by atoms with Crippen LogP contribution in [0.25, 0.3) is 0 Å². The van der Waals surface area contributed by atoms with Crippen LogP contribution < -0.4 is 4.72 Å². The lowest BCUT2D eigenvalue weighted by Crippen LogP contribution is -2.20. The minimum Gasteiger partial charge on any atom is -0.276 e. The Morgan fingerprint density at radius 2 is 2.13 bits per heavy atom. The molecule has 0 radical (unpaired) electrons. The Kier molecular flexibility index (Phi) is 3.85. The summed E-state index contributed by atoms with van der Waals surface area (Å²) in [5.41, 5.74) is -0.136. The number of halogens is 4. The van der Waals surface area contributed by atoms with E-state index in [1.54, 1.807) is 4.72 Å². The molecule has 4 nitrogen and oxygen atoms in total. The third kappa shape index (κ3) is 3.25. The van der Waals surface area contributed by atoms with Crippen molar-refractivity contribution < 1.29 is 17.2 Å². The van der Waals surface area contributed by atoms with Gasteiger partial charge in [-0.05, 0) is 22.0 Å². The topological polar surface area (TPSA) is 59.1 Å². The molecule has 1 aromatic rings. The number of rotatable bonds is 3.